The zero-order valence-corrected chi connectivity index (χ0v) is 14.3. The molecule has 1 heterocycles. The first-order valence-corrected chi connectivity index (χ1v) is 8.31. The van der Waals surface area contributed by atoms with Crippen LogP contribution >= 0.6 is 43.6 Å². The fraction of sp³-hybridized carbons (Fsp3) is 0. The van der Waals surface area contributed by atoms with Crippen molar-refractivity contribution >= 4 is 60.2 Å². The number of hydrogen-bond acceptors (Lipinski definition) is 3. The molecule has 1 aromatic heterocycles. The Kier molecular flexibility index (Phi) is 4.01. The fourth-order valence-corrected chi connectivity index (χ4v) is 3.47. The second-order valence-electron chi connectivity index (χ2n) is 4.26. The van der Waals surface area contributed by atoms with E-state index in [4.69, 9.17) is 5.73 Å². The summed E-state index contributed by atoms with van der Waals surface area (Å²) in [7, 11) is 0. The number of nitrogen functional groups attached to an aromatic ring is 1. The smallest absolute Gasteiger partial charge is 0.0715 e. The van der Waals surface area contributed by atoms with Crippen LogP contribution < -0.4 is 5.73 Å². The van der Waals surface area contributed by atoms with E-state index in [2.05, 4.69) is 55.0 Å². The SMILES string of the molecule is Nc1cnc2ccc(Br)cc2c1Sc1ccc(Br)cc1. The van der Waals surface area contributed by atoms with Crippen LogP contribution in [0.5, 0.6) is 0 Å². The van der Waals surface area contributed by atoms with Gasteiger partial charge in [0, 0.05) is 24.1 Å². The van der Waals surface area contributed by atoms with Crippen molar-refractivity contribution in [2.75, 3.05) is 5.73 Å². The molecule has 20 heavy (non-hydrogen) atoms. The van der Waals surface area contributed by atoms with E-state index in [0.717, 1.165) is 29.6 Å². The van der Waals surface area contributed by atoms with Crippen molar-refractivity contribution in [2.45, 2.75) is 9.79 Å². The third-order valence-corrected chi connectivity index (χ3v) is 5.03. The Morgan fingerprint density at radius 2 is 1.65 bits per heavy atom. The summed E-state index contributed by atoms with van der Waals surface area (Å²) >= 11 is 8.60. The van der Waals surface area contributed by atoms with Crippen molar-refractivity contribution in [1.29, 1.82) is 0 Å². The summed E-state index contributed by atoms with van der Waals surface area (Å²) in [6.45, 7) is 0. The lowest BCUT2D eigenvalue weighted by Gasteiger charge is -2.09. The molecule has 0 spiro atoms. The molecule has 0 saturated heterocycles. The van der Waals surface area contributed by atoms with Gasteiger partial charge < -0.3 is 5.73 Å². The van der Waals surface area contributed by atoms with Gasteiger partial charge in [0.1, 0.15) is 0 Å². The summed E-state index contributed by atoms with van der Waals surface area (Å²) in [4.78, 5) is 6.56. The van der Waals surface area contributed by atoms with E-state index in [1.165, 1.54) is 0 Å². The van der Waals surface area contributed by atoms with Crippen molar-refractivity contribution in [3.8, 4) is 0 Å². The van der Waals surface area contributed by atoms with Crippen LogP contribution in [0, 0.1) is 0 Å². The van der Waals surface area contributed by atoms with Crippen molar-refractivity contribution in [3.05, 3.63) is 57.6 Å². The minimum absolute atomic E-state index is 0.698. The molecule has 0 aliphatic rings. The zero-order chi connectivity index (χ0) is 14.1. The fourth-order valence-electron chi connectivity index (χ4n) is 1.89. The summed E-state index contributed by atoms with van der Waals surface area (Å²) in [5, 5.41) is 1.06. The lowest BCUT2D eigenvalue weighted by atomic mass is 10.2. The summed E-state index contributed by atoms with van der Waals surface area (Å²) in [5.74, 6) is 0. The zero-order valence-electron chi connectivity index (χ0n) is 10.3. The second-order valence-corrected chi connectivity index (χ2v) is 7.18. The largest absolute Gasteiger partial charge is 0.397 e. The van der Waals surface area contributed by atoms with Gasteiger partial charge in [-0.1, -0.05) is 43.6 Å². The molecule has 3 aromatic rings. The Hall–Kier alpha value is -1.04. The van der Waals surface area contributed by atoms with Crippen LogP contribution in [0.4, 0.5) is 5.69 Å². The maximum Gasteiger partial charge on any atom is 0.0715 e. The monoisotopic (exact) mass is 408 g/mol. The Morgan fingerprint density at radius 3 is 2.40 bits per heavy atom. The normalized spacial score (nSPS) is 10.9. The molecule has 3 rings (SSSR count). The summed E-state index contributed by atoms with van der Waals surface area (Å²) in [5.41, 5.74) is 7.75. The molecule has 0 unspecified atom stereocenters. The van der Waals surface area contributed by atoms with E-state index in [9.17, 15) is 0 Å². The predicted octanol–water partition coefficient (Wildman–Crippen LogP) is 5.49. The van der Waals surface area contributed by atoms with Gasteiger partial charge in [-0.15, -0.1) is 0 Å². The van der Waals surface area contributed by atoms with E-state index in [1.807, 2.05) is 24.3 Å². The van der Waals surface area contributed by atoms with Gasteiger partial charge in [0.25, 0.3) is 0 Å². The maximum absolute atomic E-state index is 6.11. The number of nitrogens with two attached hydrogens (primary N) is 1. The van der Waals surface area contributed by atoms with E-state index >= 15 is 0 Å². The molecule has 0 amide bonds. The van der Waals surface area contributed by atoms with E-state index in [0.29, 0.717) is 5.69 Å². The Morgan fingerprint density at radius 1 is 0.950 bits per heavy atom. The minimum atomic E-state index is 0.698. The number of aromatic nitrogens is 1. The van der Waals surface area contributed by atoms with Gasteiger partial charge in [0.15, 0.2) is 0 Å². The summed E-state index contributed by atoms with van der Waals surface area (Å²) in [6.07, 6.45) is 1.72. The number of anilines is 1. The molecule has 100 valence electrons. The van der Waals surface area contributed by atoms with Crippen molar-refractivity contribution in [2.24, 2.45) is 0 Å². The first-order valence-electron chi connectivity index (χ1n) is 5.90. The van der Waals surface area contributed by atoms with E-state index < -0.39 is 0 Å². The van der Waals surface area contributed by atoms with Gasteiger partial charge >= 0.3 is 0 Å². The highest BCUT2D eigenvalue weighted by Crippen LogP contribution is 2.38. The van der Waals surface area contributed by atoms with Gasteiger partial charge in [-0.3, -0.25) is 4.98 Å². The van der Waals surface area contributed by atoms with Crippen LogP contribution in [0.2, 0.25) is 0 Å². The van der Waals surface area contributed by atoms with Crippen molar-refractivity contribution < 1.29 is 0 Å². The number of nitrogens with zero attached hydrogens (tertiary/aromatic N) is 1. The molecule has 0 radical (unpaired) electrons. The van der Waals surface area contributed by atoms with Crippen LogP contribution in [0.25, 0.3) is 10.9 Å². The molecule has 0 aliphatic carbocycles. The van der Waals surface area contributed by atoms with Crippen LogP contribution in [0.1, 0.15) is 0 Å². The molecule has 0 bridgehead atoms. The topological polar surface area (TPSA) is 38.9 Å². The quantitative estimate of drug-likeness (QED) is 0.607. The molecular formula is C15H10Br2N2S. The Labute approximate surface area is 138 Å². The number of hydrogen-bond donors (Lipinski definition) is 1. The van der Waals surface area contributed by atoms with Crippen LogP contribution in [-0.4, -0.2) is 4.98 Å². The van der Waals surface area contributed by atoms with Gasteiger partial charge in [0.05, 0.1) is 17.4 Å². The molecule has 0 fully saturated rings. The molecule has 0 atom stereocenters. The third kappa shape index (κ3) is 2.85. The predicted molar refractivity (Wildman–Crippen MR) is 92.1 cm³/mol. The number of halogens is 2. The van der Waals surface area contributed by atoms with Crippen molar-refractivity contribution in [1.82, 2.24) is 4.98 Å². The van der Waals surface area contributed by atoms with E-state index in [-0.39, 0.29) is 0 Å². The minimum Gasteiger partial charge on any atom is -0.397 e. The first kappa shape index (κ1) is 13.9. The highest BCUT2D eigenvalue weighted by atomic mass is 79.9. The molecule has 2 aromatic carbocycles. The number of fused-ring (bicyclic) bond motifs is 1. The molecular weight excluding hydrogens is 400 g/mol. The molecule has 5 heteroatoms. The van der Waals surface area contributed by atoms with Crippen LogP contribution in [0.3, 0.4) is 0 Å². The summed E-state index contributed by atoms with van der Waals surface area (Å²) < 4.78 is 2.09. The van der Waals surface area contributed by atoms with Gasteiger partial charge in [-0.2, -0.15) is 0 Å². The van der Waals surface area contributed by atoms with Gasteiger partial charge in [0.2, 0.25) is 0 Å². The van der Waals surface area contributed by atoms with Gasteiger partial charge in [-0.25, -0.2) is 0 Å². The van der Waals surface area contributed by atoms with Crippen LogP contribution in [-0.2, 0) is 0 Å². The Balaban J connectivity index is 2.12. The Bertz CT molecular complexity index is 767. The lowest BCUT2D eigenvalue weighted by Crippen LogP contribution is -1.92. The van der Waals surface area contributed by atoms with Crippen molar-refractivity contribution in [3.63, 3.8) is 0 Å². The molecule has 2 nitrogen and oxygen atoms in total. The number of rotatable bonds is 2. The lowest BCUT2D eigenvalue weighted by molar-refractivity contribution is 1.34. The van der Waals surface area contributed by atoms with Gasteiger partial charge in [-0.05, 0) is 42.5 Å². The maximum atomic E-state index is 6.11. The van der Waals surface area contributed by atoms with E-state index in [1.54, 1.807) is 18.0 Å². The molecule has 0 aliphatic heterocycles. The average Bonchev–Trinajstić information content (AvgIpc) is 2.44. The van der Waals surface area contributed by atoms with Crippen LogP contribution in [0.15, 0.2) is 67.4 Å². The second kappa shape index (κ2) is 5.76. The third-order valence-electron chi connectivity index (χ3n) is 2.84. The standard InChI is InChI=1S/C15H10Br2N2S/c16-9-1-4-11(5-2-9)20-15-12-7-10(17)3-6-14(12)19-8-13(15)18/h1-8H,18H2. The average molecular weight is 410 g/mol. The summed E-state index contributed by atoms with van der Waals surface area (Å²) in [6, 6.07) is 14.2. The molecule has 2 N–H and O–H groups in total. The number of pyridine rings is 1. The first-order chi connectivity index (χ1) is 9.63. The molecule has 0 saturated carbocycles. The highest BCUT2D eigenvalue weighted by Gasteiger charge is 2.09. The number of benzene rings is 2. The highest BCUT2D eigenvalue weighted by molar-refractivity contribution is 9.10.